The van der Waals surface area contributed by atoms with E-state index in [-0.39, 0.29) is 25.0 Å². The number of carbonyl (C=O) groups is 2. The topological polar surface area (TPSA) is 80.8 Å². The first-order valence-electron chi connectivity index (χ1n) is 10.7. The first-order valence-corrected chi connectivity index (χ1v) is 12.0. The van der Waals surface area contributed by atoms with Crippen molar-refractivity contribution in [1.29, 1.82) is 0 Å². The Morgan fingerprint density at radius 3 is 2.74 bits per heavy atom. The lowest BCUT2D eigenvalue weighted by atomic mass is 10.1. The van der Waals surface area contributed by atoms with Crippen LogP contribution >= 0.6 is 22.9 Å². The molecule has 7 nitrogen and oxygen atoms in total. The third-order valence-electron chi connectivity index (χ3n) is 5.46. The van der Waals surface area contributed by atoms with Gasteiger partial charge in [0, 0.05) is 22.2 Å². The normalized spacial score (nSPS) is 12.6. The van der Waals surface area contributed by atoms with Crippen LogP contribution in [0.1, 0.15) is 0 Å². The van der Waals surface area contributed by atoms with E-state index in [4.69, 9.17) is 26.1 Å². The Bertz CT molecular complexity index is 1410. The summed E-state index contributed by atoms with van der Waals surface area (Å²) >= 11 is 7.69. The molecule has 0 unspecified atom stereocenters. The van der Waals surface area contributed by atoms with Gasteiger partial charge >= 0.3 is 0 Å². The van der Waals surface area contributed by atoms with Gasteiger partial charge in [-0.05, 0) is 36.4 Å². The van der Waals surface area contributed by atoms with Gasteiger partial charge in [-0.15, -0.1) is 11.3 Å². The molecule has 3 aromatic carbocycles. The minimum atomic E-state index is -0.363. The van der Waals surface area contributed by atoms with Crippen molar-refractivity contribution in [2.75, 3.05) is 30.5 Å². The van der Waals surface area contributed by atoms with Gasteiger partial charge in [-0.1, -0.05) is 41.9 Å². The summed E-state index contributed by atoms with van der Waals surface area (Å²) in [6, 6.07) is 20.4. The van der Waals surface area contributed by atoms with Crippen LogP contribution in [0.5, 0.6) is 11.5 Å². The molecule has 4 aromatic rings. The highest BCUT2D eigenvalue weighted by atomic mass is 35.5. The van der Waals surface area contributed by atoms with Crippen molar-refractivity contribution < 1.29 is 19.1 Å². The zero-order valence-corrected chi connectivity index (χ0v) is 20.2. The van der Waals surface area contributed by atoms with Gasteiger partial charge in [-0.2, -0.15) is 0 Å². The van der Waals surface area contributed by atoms with E-state index in [9.17, 15) is 9.59 Å². The van der Waals surface area contributed by atoms with E-state index in [1.165, 1.54) is 12.0 Å². The molecule has 2 amide bonds. The molecule has 1 aliphatic rings. The van der Waals surface area contributed by atoms with Gasteiger partial charge in [0.25, 0.3) is 5.91 Å². The van der Waals surface area contributed by atoms with Crippen LogP contribution in [0.3, 0.4) is 0 Å². The summed E-state index contributed by atoms with van der Waals surface area (Å²) in [6.45, 7) is -0.308. The molecule has 35 heavy (non-hydrogen) atoms. The number of hydrogen-bond donors (Lipinski definition) is 1. The summed E-state index contributed by atoms with van der Waals surface area (Å²) in [5.41, 5.74) is 3.68. The quantitative estimate of drug-likeness (QED) is 0.374. The standard InChI is InChI=1S/C26H20ClN3O4S/c1-33-22-10-8-18(12-19(22)27)28-24(31)13-30-21-11-17(7-9-23(21)34-14-25(30)32)20-15-35-26(29-20)16-5-3-2-4-6-16/h2-12,15H,13-14H2,1H3,(H,28,31). The lowest BCUT2D eigenvalue weighted by Crippen LogP contribution is -2.43. The third kappa shape index (κ3) is 4.84. The van der Waals surface area contributed by atoms with E-state index in [1.807, 2.05) is 47.8 Å². The van der Waals surface area contributed by atoms with E-state index in [1.54, 1.807) is 35.6 Å². The van der Waals surface area contributed by atoms with Gasteiger partial charge in [0.1, 0.15) is 23.1 Å². The van der Waals surface area contributed by atoms with Crippen LogP contribution in [0.2, 0.25) is 5.02 Å². The van der Waals surface area contributed by atoms with Crippen LogP contribution in [0.25, 0.3) is 21.8 Å². The fourth-order valence-corrected chi connectivity index (χ4v) is 4.84. The smallest absolute Gasteiger partial charge is 0.265 e. The van der Waals surface area contributed by atoms with Gasteiger partial charge in [0.15, 0.2) is 6.61 Å². The minimum absolute atomic E-state index is 0.136. The van der Waals surface area contributed by atoms with Gasteiger partial charge in [0.05, 0.1) is 23.5 Å². The number of carbonyl (C=O) groups excluding carboxylic acids is 2. The zero-order valence-electron chi connectivity index (χ0n) is 18.7. The average molecular weight is 506 g/mol. The molecule has 1 aromatic heterocycles. The van der Waals surface area contributed by atoms with E-state index in [0.717, 1.165) is 21.8 Å². The van der Waals surface area contributed by atoms with Crippen LogP contribution in [0.15, 0.2) is 72.1 Å². The van der Waals surface area contributed by atoms with Crippen molar-refractivity contribution >= 4 is 46.1 Å². The fourth-order valence-electron chi connectivity index (χ4n) is 3.74. The first kappa shape index (κ1) is 22.9. The third-order valence-corrected chi connectivity index (χ3v) is 6.65. The van der Waals surface area contributed by atoms with Gasteiger partial charge in [-0.3, -0.25) is 14.5 Å². The molecule has 5 rings (SSSR count). The number of aromatic nitrogens is 1. The maximum atomic E-state index is 12.8. The molecule has 1 aliphatic heterocycles. The maximum Gasteiger partial charge on any atom is 0.265 e. The second-order valence-electron chi connectivity index (χ2n) is 7.75. The second kappa shape index (κ2) is 9.77. The Morgan fingerprint density at radius 1 is 1.14 bits per heavy atom. The number of amides is 2. The van der Waals surface area contributed by atoms with E-state index >= 15 is 0 Å². The fraction of sp³-hybridized carbons (Fsp3) is 0.115. The first-order chi connectivity index (χ1) is 17.0. The molecule has 176 valence electrons. The number of methoxy groups -OCH3 is 1. The zero-order chi connectivity index (χ0) is 24.4. The number of hydrogen-bond acceptors (Lipinski definition) is 6. The van der Waals surface area contributed by atoms with Crippen LogP contribution in [-0.4, -0.2) is 37.1 Å². The molecule has 0 radical (unpaired) electrons. The van der Waals surface area contributed by atoms with E-state index in [0.29, 0.717) is 27.9 Å². The summed E-state index contributed by atoms with van der Waals surface area (Å²) in [5, 5.41) is 6.03. The summed E-state index contributed by atoms with van der Waals surface area (Å²) in [5.74, 6) is 0.373. The Labute approximate surface area is 210 Å². The van der Waals surface area contributed by atoms with Gasteiger partial charge in [0.2, 0.25) is 5.91 Å². The lowest BCUT2D eigenvalue weighted by molar-refractivity contribution is -0.123. The molecule has 0 atom stereocenters. The predicted octanol–water partition coefficient (Wildman–Crippen LogP) is 5.50. The van der Waals surface area contributed by atoms with E-state index < -0.39 is 0 Å². The molecule has 2 heterocycles. The largest absolute Gasteiger partial charge is 0.495 e. The van der Waals surface area contributed by atoms with Crippen molar-refractivity contribution in [3.8, 4) is 33.3 Å². The number of fused-ring (bicyclic) bond motifs is 1. The number of benzene rings is 3. The van der Waals surface area contributed by atoms with E-state index in [2.05, 4.69) is 5.32 Å². The average Bonchev–Trinajstić information content (AvgIpc) is 3.37. The number of thiazole rings is 1. The van der Waals surface area contributed by atoms with Gasteiger partial charge < -0.3 is 14.8 Å². The van der Waals surface area contributed by atoms with Crippen molar-refractivity contribution in [1.82, 2.24) is 4.98 Å². The Kier molecular flexibility index (Phi) is 6.39. The Morgan fingerprint density at radius 2 is 1.97 bits per heavy atom. The van der Waals surface area contributed by atoms with Crippen LogP contribution in [0, 0.1) is 0 Å². The Balaban J connectivity index is 1.38. The highest BCUT2D eigenvalue weighted by Crippen LogP contribution is 2.37. The SMILES string of the molecule is COc1ccc(NC(=O)CN2C(=O)COc3ccc(-c4csc(-c5ccccc5)n4)cc32)cc1Cl. The number of halogens is 1. The van der Waals surface area contributed by atoms with Crippen molar-refractivity contribution in [3.63, 3.8) is 0 Å². The van der Waals surface area contributed by atoms with Gasteiger partial charge in [-0.25, -0.2) is 4.98 Å². The molecule has 1 N–H and O–H groups in total. The van der Waals surface area contributed by atoms with Crippen LogP contribution in [-0.2, 0) is 9.59 Å². The monoisotopic (exact) mass is 505 g/mol. The number of ether oxygens (including phenoxy) is 2. The number of anilines is 2. The summed E-state index contributed by atoms with van der Waals surface area (Å²) in [6.07, 6.45) is 0. The molecule has 0 saturated carbocycles. The number of nitrogens with zero attached hydrogens (tertiary/aromatic N) is 2. The second-order valence-corrected chi connectivity index (χ2v) is 9.02. The van der Waals surface area contributed by atoms with Crippen LogP contribution in [0.4, 0.5) is 11.4 Å². The van der Waals surface area contributed by atoms with Crippen molar-refractivity contribution in [2.24, 2.45) is 0 Å². The molecule has 0 saturated heterocycles. The molecular formula is C26H20ClN3O4S. The van der Waals surface area contributed by atoms with Crippen molar-refractivity contribution in [2.45, 2.75) is 0 Å². The van der Waals surface area contributed by atoms with Crippen LogP contribution < -0.4 is 19.7 Å². The summed E-state index contributed by atoms with van der Waals surface area (Å²) < 4.78 is 10.7. The highest BCUT2D eigenvalue weighted by molar-refractivity contribution is 7.13. The minimum Gasteiger partial charge on any atom is -0.495 e. The maximum absolute atomic E-state index is 12.8. The predicted molar refractivity (Wildman–Crippen MR) is 137 cm³/mol. The molecule has 9 heteroatoms. The molecule has 0 spiro atoms. The Hall–Kier alpha value is -3.88. The summed E-state index contributed by atoms with van der Waals surface area (Å²) in [7, 11) is 1.52. The molecule has 0 fully saturated rings. The molecule has 0 bridgehead atoms. The number of rotatable bonds is 6. The molecular weight excluding hydrogens is 486 g/mol. The summed E-state index contributed by atoms with van der Waals surface area (Å²) in [4.78, 5) is 31.7. The van der Waals surface area contributed by atoms with Crippen molar-refractivity contribution in [3.05, 3.63) is 77.1 Å². The number of nitrogens with one attached hydrogen (secondary N) is 1. The highest BCUT2D eigenvalue weighted by Gasteiger charge is 2.28. The molecule has 0 aliphatic carbocycles. The lowest BCUT2D eigenvalue weighted by Gasteiger charge is -2.29.